The van der Waals surface area contributed by atoms with Crippen molar-refractivity contribution in [3.8, 4) is 0 Å². The Balaban J connectivity index is 1.75. The summed E-state index contributed by atoms with van der Waals surface area (Å²) in [6.07, 6.45) is 7.35. The Kier molecular flexibility index (Phi) is 6.88. The number of aliphatic hydroxyl groups is 1. The van der Waals surface area contributed by atoms with Crippen LogP contribution in [0.15, 0.2) is 11.6 Å². The van der Waals surface area contributed by atoms with Crippen LogP contribution in [0, 0.1) is 23.7 Å². The topological polar surface area (TPSA) is 59.0 Å². The number of hydrogen-bond acceptors (Lipinski definition) is 5. The number of piperidine rings is 1. The Bertz CT molecular complexity index is 591. The van der Waals surface area contributed by atoms with Gasteiger partial charge in [-0.05, 0) is 62.5 Å². The van der Waals surface area contributed by atoms with Gasteiger partial charge in [0.25, 0.3) is 0 Å². The lowest BCUT2D eigenvalue weighted by Gasteiger charge is -2.53. The summed E-state index contributed by atoms with van der Waals surface area (Å²) < 4.78 is 11.1. The lowest BCUT2D eigenvalue weighted by atomic mass is 9.57. The molecule has 1 aliphatic heterocycles. The largest absolute Gasteiger partial charge is 0.458 e. The van der Waals surface area contributed by atoms with Crippen LogP contribution in [0.2, 0.25) is 0 Å². The van der Waals surface area contributed by atoms with Gasteiger partial charge in [0.1, 0.15) is 6.10 Å². The Labute approximate surface area is 170 Å². The van der Waals surface area contributed by atoms with E-state index in [1.54, 1.807) is 0 Å². The number of hydrogen-bond donors (Lipinski definition) is 1. The van der Waals surface area contributed by atoms with Gasteiger partial charge in [-0.2, -0.15) is 0 Å². The molecule has 5 heteroatoms. The van der Waals surface area contributed by atoms with Crippen molar-refractivity contribution in [1.82, 2.24) is 4.90 Å². The van der Waals surface area contributed by atoms with Crippen molar-refractivity contribution in [3.05, 3.63) is 11.6 Å². The Morgan fingerprint density at radius 1 is 1.39 bits per heavy atom. The van der Waals surface area contributed by atoms with Gasteiger partial charge in [0.2, 0.25) is 0 Å². The molecule has 0 radical (unpaired) electrons. The zero-order valence-corrected chi connectivity index (χ0v) is 18.3. The number of carbonyl (C=O) groups is 1. The monoisotopic (exact) mass is 393 g/mol. The minimum Gasteiger partial charge on any atom is -0.458 e. The second-order valence-electron chi connectivity index (χ2n) is 9.61. The van der Waals surface area contributed by atoms with E-state index in [0.717, 1.165) is 44.5 Å². The van der Waals surface area contributed by atoms with Gasteiger partial charge in [-0.15, -0.1) is 0 Å². The summed E-state index contributed by atoms with van der Waals surface area (Å²) in [5.41, 5.74) is 0.307. The maximum atomic E-state index is 11.7. The predicted molar refractivity (Wildman–Crippen MR) is 110 cm³/mol. The van der Waals surface area contributed by atoms with Crippen LogP contribution in [0.1, 0.15) is 59.8 Å². The van der Waals surface area contributed by atoms with Gasteiger partial charge in [0.15, 0.2) is 0 Å². The van der Waals surface area contributed by atoms with Crippen molar-refractivity contribution in [2.75, 3.05) is 26.7 Å². The third-order valence-corrected chi connectivity index (χ3v) is 7.67. The molecule has 1 N–H and O–H groups in total. The fraction of sp³-hybridized carbons (Fsp3) is 0.870. The lowest BCUT2D eigenvalue weighted by Crippen LogP contribution is -2.56. The van der Waals surface area contributed by atoms with Crippen LogP contribution >= 0.6 is 0 Å². The second-order valence-corrected chi connectivity index (χ2v) is 9.61. The zero-order valence-electron chi connectivity index (χ0n) is 18.3. The molecule has 0 aromatic rings. The Hall–Kier alpha value is -0.910. The number of nitrogens with zero attached hydrogens (tertiary/aromatic N) is 1. The highest BCUT2D eigenvalue weighted by Crippen LogP contribution is 2.51. The number of rotatable bonds is 5. The number of ether oxygens (including phenoxy) is 2. The molecular formula is C23H39NO4. The predicted octanol–water partition coefficient (Wildman–Crippen LogP) is 3.41. The average molecular weight is 394 g/mol. The van der Waals surface area contributed by atoms with E-state index in [9.17, 15) is 9.90 Å². The van der Waals surface area contributed by atoms with Crippen molar-refractivity contribution in [2.24, 2.45) is 23.7 Å². The van der Waals surface area contributed by atoms with Crippen LogP contribution in [0.3, 0.4) is 0 Å². The van der Waals surface area contributed by atoms with E-state index in [1.807, 2.05) is 14.0 Å². The normalized spacial score (nSPS) is 40.4. The van der Waals surface area contributed by atoms with Crippen LogP contribution in [0.4, 0.5) is 0 Å². The minimum absolute atomic E-state index is 0.140. The quantitative estimate of drug-likeness (QED) is 0.573. The molecule has 0 spiro atoms. The number of methoxy groups -OCH3 is 1. The van der Waals surface area contributed by atoms with Crippen LogP contribution in [-0.2, 0) is 14.3 Å². The summed E-state index contributed by atoms with van der Waals surface area (Å²) in [6.45, 7) is 11.2. The lowest BCUT2D eigenvalue weighted by molar-refractivity contribution is -0.159. The molecule has 1 saturated heterocycles. The van der Waals surface area contributed by atoms with Gasteiger partial charge in [-0.1, -0.05) is 19.9 Å². The van der Waals surface area contributed by atoms with Gasteiger partial charge in [-0.3, -0.25) is 4.79 Å². The highest BCUT2D eigenvalue weighted by Gasteiger charge is 2.52. The molecule has 1 unspecified atom stereocenters. The van der Waals surface area contributed by atoms with E-state index < -0.39 is 5.60 Å². The molecule has 0 bridgehead atoms. The van der Waals surface area contributed by atoms with Gasteiger partial charge in [0.05, 0.1) is 11.7 Å². The van der Waals surface area contributed by atoms with Crippen molar-refractivity contribution in [2.45, 2.75) is 77.6 Å². The van der Waals surface area contributed by atoms with E-state index in [2.05, 4.69) is 24.8 Å². The van der Waals surface area contributed by atoms with E-state index in [4.69, 9.17) is 9.47 Å². The van der Waals surface area contributed by atoms with Crippen LogP contribution in [-0.4, -0.2) is 60.5 Å². The standard InChI is InChI=1S/C23H39NO4/c1-15-11-21-20(16(2)13-24-10-6-7-19(14-24)27-5)9-8-17(3)23(21,26)12-22(15)28-18(4)25/h11,16-17,19-22,26H,6-10,12-14H2,1-5H3/t16?,17-,19+,20+,21-,22-,23-/m1/s1. The van der Waals surface area contributed by atoms with E-state index >= 15 is 0 Å². The maximum absolute atomic E-state index is 11.7. The zero-order chi connectivity index (χ0) is 20.5. The van der Waals surface area contributed by atoms with Crippen molar-refractivity contribution in [3.63, 3.8) is 0 Å². The summed E-state index contributed by atoms with van der Waals surface area (Å²) >= 11 is 0. The molecule has 7 atom stereocenters. The molecule has 28 heavy (non-hydrogen) atoms. The molecule has 3 rings (SSSR count). The molecule has 1 heterocycles. The molecule has 160 valence electrons. The molecule has 5 nitrogen and oxygen atoms in total. The van der Waals surface area contributed by atoms with Crippen LogP contribution < -0.4 is 0 Å². The molecule has 0 aromatic carbocycles. The molecule has 2 fully saturated rings. The van der Waals surface area contributed by atoms with Gasteiger partial charge < -0.3 is 19.5 Å². The van der Waals surface area contributed by atoms with Crippen LogP contribution in [0.5, 0.6) is 0 Å². The molecule has 2 aliphatic carbocycles. The highest BCUT2D eigenvalue weighted by atomic mass is 16.5. The summed E-state index contributed by atoms with van der Waals surface area (Å²) in [4.78, 5) is 14.0. The van der Waals surface area contributed by atoms with Crippen molar-refractivity contribution < 1.29 is 19.4 Å². The molecule has 1 saturated carbocycles. The highest BCUT2D eigenvalue weighted by molar-refractivity contribution is 5.66. The van der Waals surface area contributed by atoms with E-state index in [-0.39, 0.29) is 23.9 Å². The van der Waals surface area contributed by atoms with Gasteiger partial charge in [-0.25, -0.2) is 0 Å². The molecular weight excluding hydrogens is 354 g/mol. The van der Waals surface area contributed by atoms with Gasteiger partial charge >= 0.3 is 5.97 Å². The smallest absolute Gasteiger partial charge is 0.303 e. The van der Waals surface area contributed by atoms with Gasteiger partial charge in [0, 0.05) is 39.5 Å². The molecule has 0 aromatic heterocycles. The molecule has 3 aliphatic rings. The van der Waals surface area contributed by atoms with Crippen LogP contribution in [0.25, 0.3) is 0 Å². The summed E-state index contributed by atoms with van der Waals surface area (Å²) in [6, 6.07) is 0. The number of esters is 1. The third kappa shape index (κ3) is 4.47. The third-order valence-electron chi connectivity index (χ3n) is 7.67. The Morgan fingerprint density at radius 3 is 2.82 bits per heavy atom. The Morgan fingerprint density at radius 2 is 2.14 bits per heavy atom. The SMILES string of the molecule is CO[C@H]1CCCN(CC(C)[C@@H]2CC[C@@H](C)[C@]3(O)C[C@@H](OC(C)=O)C(C)=C[C@H]23)C1. The maximum Gasteiger partial charge on any atom is 0.303 e. The first-order valence-corrected chi connectivity index (χ1v) is 11.1. The fourth-order valence-corrected chi connectivity index (χ4v) is 5.91. The summed E-state index contributed by atoms with van der Waals surface area (Å²) in [5.74, 6) is 1.05. The second kappa shape index (κ2) is 8.85. The van der Waals surface area contributed by atoms with Crippen molar-refractivity contribution in [1.29, 1.82) is 0 Å². The molecule has 0 amide bonds. The first-order valence-electron chi connectivity index (χ1n) is 11.1. The first-order chi connectivity index (χ1) is 13.2. The first kappa shape index (κ1) is 21.8. The number of fused-ring (bicyclic) bond motifs is 1. The van der Waals surface area contributed by atoms with E-state index in [1.165, 1.54) is 13.3 Å². The van der Waals surface area contributed by atoms with E-state index in [0.29, 0.717) is 24.4 Å². The number of likely N-dealkylation sites (tertiary alicyclic amines) is 1. The number of carbonyl (C=O) groups excluding carboxylic acids is 1. The fourth-order valence-electron chi connectivity index (χ4n) is 5.91. The minimum atomic E-state index is -0.784. The summed E-state index contributed by atoms with van der Waals surface area (Å²) in [7, 11) is 1.81. The van der Waals surface area contributed by atoms with Crippen molar-refractivity contribution >= 4 is 5.97 Å². The summed E-state index contributed by atoms with van der Waals surface area (Å²) in [5, 5.41) is 11.7. The average Bonchev–Trinajstić information content (AvgIpc) is 2.64.